The largest absolute Gasteiger partial charge is 0.436 e. The maximum atomic E-state index is 11.2. The van der Waals surface area contributed by atoms with E-state index in [-0.39, 0.29) is 5.91 Å². The summed E-state index contributed by atoms with van der Waals surface area (Å²) in [7, 11) is 1.78. The zero-order chi connectivity index (χ0) is 14.5. The van der Waals surface area contributed by atoms with Crippen LogP contribution in [0.25, 0.3) is 0 Å². The van der Waals surface area contributed by atoms with Crippen LogP contribution >= 0.6 is 0 Å². The van der Waals surface area contributed by atoms with Crippen molar-refractivity contribution in [2.45, 2.75) is 13.8 Å². The number of nitrogens with zero attached hydrogens (tertiary/aromatic N) is 2. The highest BCUT2D eigenvalue weighted by Gasteiger charge is 2.11. The van der Waals surface area contributed by atoms with Crippen LogP contribution in [0.15, 0.2) is 30.6 Å². The molecule has 0 aliphatic carbocycles. The molecular weight excluding hydrogens is 256 g/mol. The van der Waals surface area contributed by atoms with Crippen LogP contribution in [0.1, 0.15) is 12.5 Å². The third-order valence-electron chi connectivity index (χ3n) is 2.68. The normalized spacial score (nSPS) is 9.95. The van der Waals surface area contributed by atoms with E-state index in [1.54, 1.807) is 19.2 Å². The molecule has 20 heavy (non-hydrogen) atoms. The van der Waals surface area contributed by atoms with Crippen molar-refractivity contribution in [3.8, 4) is 11.6 Å². The molecule has 0 unspecified atom stereocenters. The summed E-state index contributed by atoms with van der Waals surface area (Å²) in [4.78, 5) is 19.4. The highest BCUT2D eigenvalue weighted by molar-refractivity contribution is 5.90. The van der Waals surface area contributed by atoms with E-state index in [1.807, 2.05) is 19.1 Å². The highest BCUT2D eigenvalue weighted by Crippen LogP contribution is 2.31. The van der Waals surface area contributed by atoms with Crippen LogP contribution in [-0.4, -0.2) is 22.9 Å². The number of nitrogens with one attached hydrogen (secondary N) is 2. The Labute approximate surface area is 117 Å². The van der Waals surface area contributed by atoms with Crippen LogP contribution < -0.4 is 15.4 Å². The van der Waals surface area contributed by atoms with Crippen LogP contribution in [0.3, 0.4) is 0 Å². The zero-order valence-corrected chi connectivity index (χ0v) is 11.6. The van der Waals surface area contributed by atoms with Gasteiger partial charge in [0.1, 0.15) is 12.1 Å². The second kappa shape index (κ2) is 6.01. The van der Waals surface area contributed by atoms with Crippen LogP contribution in [0.2, 0.25) is 0 Å². The Bertz CT molecular complexity index is 628. The molecule has 1 aromatic heterocycles. The predicted molar refractivity (Wildman–Crippen MR) is 77.1 cm³/mol. The van der Waals surface area contributed by atoms with Crippen LogP contribution in [0.4, 0.5) is 11.5 Å². The van der Waals surface area contributed by atoms with E-state index in [9.17, 15) is 4.79 Å². The molecule has 0 bridgehead atoms. The molecule has 0 saturated heterocycles. The Morgan fingerprint density at radius 1 is 1.25 bits per heavy atom. The number of hydrogen-bond acceptors (Lipinski definition) is 5. The van der Waals surface area contributed by atoms with E-state index >= 15 is 0 Å². The van der Waals surface area contributed by atoms with E-state index in [0.29, 0.717) is 23.1 Å². The molecule has 0 fully saturated rings. The summed E-state index contributed by atoms with van der Waals surface area (Å²) in [6, 6.07) is 7.19. The molecule has 6 nitrogen and oxygen atoms in total. The number of carbonyl (C=O) groups is 1. The zero-order valence-electron chi connectivity index (χ0n) is 11.6. The van der Waals surface area contributed by atoms with E-state index in [0.717, 1.165) is 5.56 Å². The Morgan fingerprint density at radius 3 is 2.70 bits per heavy atom. The van der Waals surface area contributed by atoms with Crippen LogP contribution in [0.5, 0.6) is 11.6 Å². The van der Waals surface area contributed by atoms with Gasteiger partial charge >= 0.3 is 0 Å². The Kier molecular flexibility index (Phi) is 4.14. The molecule has 1 heterocycles. The maximum Gasteiger partial charge on any atom is 0.227 e. The molecule has 2 aromatic rings. The van der Waals surface area contributed by atoms with Crippen molar-refractivity contribution in [3.63, 3.8) is 0 Å². The SMILES string of the molecule is CNc1ncnc(Oc2ccccc2NC(C)=O)c1C. The highest BCUT2D eigenvalue weighted by atomic mass is 16.5. The van der Waals surface area contributed by atoms with Crippen molar-refractivity contribution in [1.82, 2.24) is 9.97 Å². The second-order valence-electron chi connectivity index (χ2n) is 4.18. The average Bonchev–Trinajstić information content (AvgIpc) is 2.42. The summed E-state index contributed by atoms with van der Waals surface area (Å²) in [6.45, 7) is 3.31. The number of rotatable bonds is 4. The Hall–Kier alpha value is -2.63. The van der Waals surface area contributed by atoms with Gasteiger partial charge in [0.2, 0.25) is 11.8 Å². The van der Waals surface area contributed by atoms with Crippen molar-refractivity contribution in [2.75, 3.05) is 17.7 Å². The van der Waals surface area contributed by atoms with Crippen LogP contribution in [0, 0.1) is 6.92 Å². The summed E-state index contributed by atoms with van der Waals surface area (Å²) in [6.07, 6.45) is 1.43. The lowest BCUT2D eigenvalue weighted by Crippen LogP contribution is -2.07. The molecular formula is C14H16N4O2. The van der Waals surface area contributed by atoms with Gasteiger partial charge in [-0.15, -0.1) is 0 Å². The fourth-order valence-corrected chi connectivity index (χ4v) is 1.74. The molecule has 6 heteroatoms. The van der Waals surface area contributed by atoms with Gasteiger partial charge in [-0.05, 0) is 19.1 Å². The minimum Gasteiger partial charge on any atom is -0.436 e. The second-order valence-corrected chi connectivity index (χ2v) is 4.18. The number of benzene rings is 1. The van der Waals surface area contributed by atoms with E-state index in [2.05, 4.69) is 20.6 Å². The van der Waals surface area contributed by atoms with Gasteiger partial charge in [-0.25, -0.2) is 9.97 Å². The molecule has 104 valence electrons. The quantitative estimate of drug-likeness (QED) is 0.894. The number of aromatic nitrogens is 2. The Morgan fingerprint density at radius 2 is 2.00 bits per heavy atom. The van der Waals surface area contributed by atoms with Crippen molar-refractivity contribution in [1.29, 1.82) is 0 Å². The lowest BCUT2D eigenvalue weighted by molar-refractivity contribution is -0.114. The molecule has 0 aliphatic heterocycles. The molecule has 0 spiro atoms. The fraction of sp³-hybridized carbons (Fsp3) is 0.214. The van der Waals surface area contributed by atoms with Crippen LogP contribution in [-0.2, 0) is 4.79 Å². The topological polar surface area (TPSA) is 76.1 Å². The number of carbonyl (C=O) groups excluding carboxylic acids is 1. The van der Waals surface area contributed by atoms with Gasteiger partial charge < -0.3 is 15.4 Å². The smallest absolute Gasteiger partial charge is 0.227 e. The van der Waals surface area contributed by atoms with E-state index in [1.165, 1.54) is 13.3 Å². The molecule has 0 aliphatic rings. The van der Waals surface area contributed by atoms with Gasteiger partial charge in [0.05, 0.1) is 11.3 Å². The summed E-state index contributed by atoms with van der Waals surface area (Å²) in [5.41, 5.74) is 1.40. The average molecular weight is 272 g/mol. The third kappa shape index (κ3) is 3.03. The third-order valence-corrected chi connectivity index (χ3v) is 2.68. The summed E-state index contributed by atoms with van der Waals surface area (Å²) >= 11 is 0. The molecule has 1 aromatic carbocycles. The molecule has 0 atom stereocenters. The van der Waals surface area contributed by atoms with Gasteiger partial charge in [-0.2, -0.15) is 0 Å². The molecule has 0 saturated carbocycles. The number of hydrogen-bond donors (Lipinski definition) is 2. The van der Waals surface area contributed by atoms with Gasteiger partial charge in [-0.3, -0.25) is 4.79 Å². The first kappa shape index (κ1) is 13.8. The van der Waals surface area contributed by atoms with Gasteiger partial charge in [-0.1, -0.05) is 12.1 Å². The molecule has 2 N–H and O–H groups in total. The Balaban J connectivity index is 2.33. The number of ether oxygens (including phenoxy) is 1. The first-order valence-electron chi connectivity index (χ1n) is 6.15. The van der Waals surface area contributed by atoms with E-state index < -0.39 is 0 Å². The molecule has 1 amide bonds. The maximum absolute atomic E-state index is 11.2. The number of anilines is 2. The first-order chi connectivity index (χ1) is 9.61. The van der Waals surface area contributed by atoms with Crippen molar-refractivity contribution < 1.29 is 9.53 Å². The summed E-state index contributed by atoms with van der Waals surface area (Å²) < 4.78 is 5.78. The monoisotopic (exact) mass is 272 g/mol. The van der Waals surface area contributed by atoms with Gasteiger partial charge in [0.15, 0.2) is 5.75 Å². The molecule has 2 rings (SSSR count). The first-order valence-corrected chi connectivity index (χ1v) is 6.15. The van der Waals surface area contributed by atoms with E-state index in [4.69, 9.17) is 4.74 Å². The van der Waals surface area contributed by atoms with Crippen molar-refractivity contribution in [2.24, 2.45) is 0 Å². The van der Waals surface area contributed by atoms with Crippen molar-refractivity contribution in [3.05, 3.63) is 36.2 Å². The lowest BCUT2D eigenvalue weighted by Gasteiger charge is -2.13. The number of para-hydroxylation sites is 2. The number of amides is 1. The van der Waals surface area contributed by atoms with Crippen molar-refractivity contribution >= 4 is 17.4 Å². The fourth-order valence-electron chi connectivity index (χ4n) is 1.74. The lowest BCUT2D eigenvalue weighted by atomic mass is 10.3. The minimum absolute atomic E-state index is 0.156. The van der Waals surface area contributed by atoms with Gasteiger partial charge in [0.25, 0.3) is 0 Å². The standard InChI is InChI=1S/C14H16N4O2/c1-9-13(15-3)16-8-17-14(9)20-12-7-5-4-6-11(12)18-10(2)19/h4-8H,1-3H3,(H,18,19)(H,15,16,17). The summed E-state index contributed by atoms with van der Waals surface area (Å²) in [5.74, 6) is 1.53. The predicted octanol–water partition coefficient (Wildman–Crippen LogP) is 2.58. The summed E-state index contributed by atoms with van der Waals surface area (Å²) in [5, 5.41) is 5.69. The molecule has 0 radical (unpaired) electrons. The van der Waals surface area contributed by atoms with Gasteiger partial charge in [0, 0.05) is 14.0 Å². The minimum atomic E-state index is -0.156.